The number of nitrogens with one attached hydrogen (secondary N) is 1. The lowest BCUT2D eigenvalue weighted by atomic mass is 10.1. The van der Waals surface area contributed by atoms with E-state index in [-0.39, 0.29) is 22.9 Å². The number of rotatable bonds is 7. The predicted octanol–water partition coefficient (Wildman–Crippen LogP) is 2.99. The van der Waals surface area contributed by atoms with Crippen LogP contribution in [0.2, 0.25) is 0 Å². The Morgan fingerprint density at radius 1 is 1.00 bits per heavy atom. The maximum atomic E-state index is 13.3. The Bertz CT molecular complexity index is 1150. The molecule has 1 N–H and O–H groups in total. The van der Waals surface area contributed by atoms with Crippen molar-refractivity contribution >= 4 is 21.6 Å². The van der Waals surface area contributed by atoms with Gasteiger partial charge >= 0.3 is 0 Å². The predicted molar refractivity (Wildman–Crippen MR) is 110 cm³/mol. The molecule has 0 aliphatic heterocycles. The van der Waals surface area contributed by atoms with Crippen molar-refractivity contribution in [1.29, 1.82) is 0 Å². The summed E-state index contributed by atoms with van der Waals surface area (Å²) < 4.78 is 29.4. The number of Topliss-reactive ketones (excluding diaryl/α,β-unsaturated/α-hetero) is 2. The van der Waals surface area contributed by atoms with Gasteiger partial charge < -0.3 is 0 Å². The van der Waals surface area contributed by atoms with Crippen LogP contribution in [-0.2, 0) is 10.0 Å². The smallest absolute Gasteiger partial charge is 0.240 e. The molecule has 7 nitrogen and oxygen atoms in total. The van der Waals surface area contributed by atoms with Gasteiger partial charge in [0.25, 0.3) is 0 Å². The van der Waals surface area contributed by atoms with Gasteiger partial charge in [0.1, 0.15) is 11.5 Å². The van der Waals surface area contributed by atoms with Crippen molar-refractivity contribution in [2.75, 3.05) is 7.05 Å². The van der Waals surface area contributed by atoms with Crippen LogP contribution in [0.1, 0.15) is 38.8 Å². The average molecular weight is 411 g/mol. The number of carbonyl (C=O) groups is 2. The molecular weight excluding hydrogens is 390 g/mol. The lowest BCUT2D eigenvalue weighted by molar-refractivity contribution is 0.0957. The van der Waals surface area contributed by atoms with Gasteiger partial charge in [-0.1, -0.05) is 60.7 Å². The molecule has 0 aliphatic carbocycles. The van der Waals surface area contributed by atoms with E-state index >= 15 is 0 Å². The van der Waals surface area contributed by atoms with E-state index in [2.05, 4.69) is 9.71 Å². The van der Waals surface area contributed by atoms with Crippen LogP contribution in [0.5, 0.6) is 0 Å². The van der Waals surface area contributed by atoms with Crippen LogP contribution >= 0.6 is 0 Å². The number of aromatic nitrogens is 2. The number of aryl methyl sites for hydroxylation is 1. The van der Waals surface area contributed by atoms with E-state index in [1.807, 2.05) is 6.07 Å². The van der Waals surface area contributed by atoms with E-state index in [1.165, 1.54) is 18.5 Å². The van der Waals surface area contributed by atoms with Crippen molar-refractivity contribution in [1.82, 2.24) is 14.3 Å². The highest BCUT2D eigenvalue weighted by atomic mass is 32.2. The summed E-state index contributed by atoms with van der Waals surface area (Å²) in [7, 11) is -2.93. The van der Waals surface area contributed by atoms with E-state index in [0.717, 1.165) is 0 Å². The molecule has 0 fully saturated rings. The SMILES string of the molecule is CNS(=O)(=O)C(C(=O)c1ccccc1)n1c(-c2ccccc2)nc(C)c1C(C)=O. The summed E-state index contributed by atoms with van der Waals surface area (Å²) in [6.07, 6.45) is 0. The van der Waals surface area contributed by atoms with Crippen molar-refractivity contribution in [2.24, 2.45) is 0 Å². The van der Waals surface area contributed by atoms with Crippen LogP contribution in [0.25, 0.3) is 11.4 Å². The van der Waals surface area contributed by atoms with Gasteiger partial charge in [0.15, 0.2) is 5.78 Å². The Labute approximate surface area is 169 Å². The van der Waals surface area contributed by atoms with Crippen LogP contribution in [0, 0.1) is 6.92 Å². The molecule has 1 heterocycles. The second-order valence-electron chi connectivity index (χ2n) is 6.49. The Morgan fingerprint density at radius 2 is 1.55 bits per heavy atom. The molecule has 3 rings (SSSR count). The van der Waals surface area contributed by atoms with Gasteiger partial charge in [0.05, 0.1) is 5.69 Å². The third-order valence-electron chi connectivity index (χ3n) is 4.55. The Balaban J connectivity index is 2.36. The molecule has 0 amide bonds. The number of carbonyl (C=O) groups excluding carboxylic acids is 2. The lowest BCUT2D eigenvalue weighted by Gasteiger charge is -2.22. The summed E-state index contributed by atoms with van der Waals surface area (Å²) >= 11 is 0. The quantitative estimate of drug-likeness (QED) is 0.603. The number of nitrogens with zero attached hydrogens (tertiary/aromatic N) is 2. The van der Waals surface area contributed by atoms with Gasteiger partial charge in [-0.3, -0.25) is 14.2 Å². The fourth-order valence-corrected chi connectivity index (χ4v) is 4.37. The number of sulfonamides is 1. The average Bonchev–Trinajstić information content (AvgIpc) is 3.06. The van der Waals surface area contributed by atoms with Crippen LogP contribution in [-0.4, -0.2) is 36.6 Å². The van der Waals surface area contributed by atoms with Gasteiger partial charge in [-0.2, -0.15) is 0 Å². The zero-order valence-corrected chi connectivity index (χ0v) is 17.1. The first-order valence-corrected chi connectivity index (χ1v) is 10.5. The fraction of sp³-hybridized carbons (Fsp3) is 0.190. The number of hydrogen-bond acceptors (Lipinski definition) is 5. The lowest BCUT2D eigenvalue weighted by Crippen LogP contribution is -2.37. The van der Waals surface area contributed by atoms with E-state index in [9.17, 15) is 18.0 Å². The molecule has 0 radical (unpaired) electrons. The number of benzene rings is 2. The van der Waals surface area contributed by atoms with Crippen molar-refractivity contribution in [2.45, 2.75) is 19.2 Å². The van der Waals surface area contributed by atoms with E-state index in [1.54, 1.807) is 61.5 Å². The Kier molecular flexibility index (Phi) is 5.76. The molecule has 0 spiro atoms. The number of ketones is 2. The summed E-state index contributed by atoms with van der Waals surface area (Å²) in [5, 5.41) is -1.69. The van der Waals surface area contributed by atoms with Gasteiger partial charge in [-0.15, -0.1) is 0 Å². The molecular formula is C21H21N3O4S. The Morgan fingerprint density at radius 3 is 2.07 bits per heavy atom. The first kappa shape index (κ1) is 20.6. The van der Waals surface area contributed by atoms with Crippen LogP contribution in [0.15, 0.2) is 60.7 Å². The van der Waals surface area contributed by atoms with Crippen molar-refractivity contribution in [3.63, 3.8) is 0 Å². The third kappa shape index (κ3) is 3.90. The minimum atomic E-state index is -4.16. The van der Waals surface area contributed by atoms with Crippen LogP contribution < -0.4 is 4.72 Å². The van der Waals surface area contributed by atoms with Gasteiger partial charge in [-0.25, -0.2) is 18.1 Å². The van der Waals surface area contributed by atoms with E-state index in [4.69, 9.17) is 0 Å². The monoisotopic (exact) mass is 411 g/mol. The minimum Gasteiger partial charge on any atom is -0.295 e. The topological polar surface area (TPSA) is 98.1 Å². The molecule has 0 bridgehead atoms. The Hall–Kier alpha value is -3.10. The molecule has 2 aromatic carbocycles. The molecule has 1 unspecified atom stereocenters. The first-order valence-electron chi connectivity index (χ1n) is 8.94. The second-order valence-corrected chi connectivity index (χ2v) is 8.44. The van der Waals surface area contributed by atoms with E-state index < -0.39 is 21.2 Å². The van der Waals surface area contributed by atoms with Gasteiger partial charge in [0.2, 0.25) is 21.2 Å². The van der Waals surface area contributed by atoms with Crippen molar-refractivity contribution in [3.05, 3.63) is 77.6 Å². The second kappa shape index (κ2) is 8.10. The molecule has 150 valence electrons. The summed E-state index contributed by atoms with van der Waals surface area (Å²) in [6, 6.07) is 17.0. The zero-order chi connectivity index (χ0) is 21.2. The summed E-state index contributed by atoms with van der Waals surface area (Å²) in [5.41, 5.74) is 1.25. The highest BCUT2D eigenvalue weighted by molar-refractivity contribution is 7.90. The summed E-state index contributed by atoms with van der Waals surface area (Å²) in [4.78, 5) is 30.2. The zero-order valence-electron chi connectivity index (χ0n) is 16.3. The minimum absolute atomic E-state index is 0.0805. The highest BCUT2D eigenvalue weighted by Gasteiger charge is 2.38. The molecule has 0 aliphatic rings. The molecule has 1 atom stereocenters. The van der Waals surface area contributed by atoms with Crippen LogP contribution in [0.4, 0.5) is 0 Å². The number of hydrogen-bond donors (Lipinski definition) is 1. The fourth-order valence-electron chi connectivity index (χ4n) is 3.24. The first-order chi connectivity index (χ1) is 13.8. The molecule has 0 saturated heterocycles. The molecule has 3 aromatic rings. The molecule has 0 saturated carbocycles. The molecule has 29 heavy (non-hydrogen) atoms. The number of imidazole rings is 1. The maximum Gasteiger partial charge on any atom is 0.240 e. The van der Waals surface area contributed by atoms with Gasteiger partial charge in [0, 0.05) is 18.1 Å². The summed E-state index contributed by atoms with van der Waals surface area (Å²) in [6.45, 7) is 2.95. The normalized spacial score (nSPS) is 12.5. The van der Waals surface area contributed by atoms with E-state index in [0.29, 0.717) is 11.3 Å². The summed E-state index contributed by atoms with van der Waals surface area (Å²) in [5.74, 6) is -0.798. The van der Waals surface area contributed by atoms with Crippen molar-refractivity contribution in [3.8, 4) is 11.4 Å². The van der Waals surface area contributed by atoms with Gasteiger partial charge in [-0.05, 0) is 14.0 Å². The standard InChI is InChI=1S/C21H21N3O4S/c1-14-18(15(2)25)24(20(23-14)17-12-8-5-9-13-17)21(29(27,28)22-3)19(26)16-10-6-4-7-11-16/h4-13,21-22H,1-3H3. The maximum absolute atomic E-state index is 13.3. The van der Waals surface area contributed by atoms with Crippen LogP contribution in [0.3, 0.4) is 0 Å². The molecule has 1 aromatic heterocycles. The van der Waals surface area contributed by atoms with Crippen molar-refractivity contribution < 1.29 is 18.0 Å². The molecule has 8 heteroatoms. The third-order valence-corrected chi connectivity index (χ3v) is 6.13. The highest BCUT2D eigenvalue weighted by Crippen LogP contribution is 2.31. The largest absolute Gasteiger partial charge is 0.295 e.